The molecule has 0 saturated carbocycles. The smallest absolute Gasteiger partial charge is 0.410 e. The molecule has 2 atom stereocenters. The molecular formula is C19H25NO6. The molecule has 1 aromatic carbocycles. The molecule has 26 heavy (non-hydrogen) atoms. The van der Waals surface area contributed by atoms with Gasteiger partial charge in [-0.05, 0) is 18.9 Å². The summed E-state index contributed by atoms with van der Waals surface area (Å²) in [7, 11) is 1.57. The van der Waals surface area contributed by atoms with Gasteiger partial charge in [0.15, 0.2) is 0 Å². The molecule has 0 bridgehead atoms. The summed E-state index contributed by atoms with van der Waals surface area (Å²) in [5.41, 5.74) is 0.887. The highest BCUT2D eigenvalue weighted by Crippen LogP contribution is 2.24. The van der Waals surface area contributed by atoms with Crippen molar-refractivity contribution >= 4 is 17.8 Å². The summed E-state index contributed by atoms with van der Waals surface area (Å²) < 4.78 is 15.5. The van der Waals surface area contributed by atoms with E-state index in [0.29, 0.717) is 13.0 Å². The highest BCUT2D eigenvalue weighted by Gasteiger charge is 2.37. The molecule has 1 amide bonds. The van der Waals surface area contributed by atoms with Crippen LogP contribution in [0, 0.1) is 0 Å². The number of hydrogen-bond donors (Lipinski definition) is 0. The molecule has 2 unspecified atom stereocenters. The van der Waals surface area contributed by atoms with Crippen molar-refractivity contribution in [2.24, 2.45) is 0 Å². The number of carbonyl (C=O) groups excluding carboxylic acids is 3. The van der Waals surface area contributed by atoms with Gasteiger partial charge >= 0.3 is 12.1 Å². The van der Waals surface area contributed by atoms with Crippen molar-refractivity contribution in [3.05, 3.63) is 35.9 Å². The summed E-state index contributed by atoms with van der Waals surface area (Å²) >= 11 is 0. The Kier molecular flexibility index (Phi) is 7.59. The lowest BCUT2D eigenvalue weighted by atomic mass is 10.1. The number of amides is 1. The Morgan fingerprint density at radius 1 is 1.15 bits per heavy atom. The average Bonchev–Trinajstić information content (AvgIpc) is 3.03. The van der Waals surface area contributed by atoms with Crippen LogP contribution in [0.5, 0.6) is 0 Å². The Hall–Kier alpha value is -2.41. The minimum atomic E-state index is -0.544. The largest absolute Gasteiger partial charge is 0.466 e. The second-order valence-electron chi connectivity index (χ2n) is 6.16. The van der Waals surface area contributed by atoms with Crippen molar-refractivity contribution in [2.75, 3.05) is 20.3 Å². The Labute approximate surface area is 153 Å². The number of methoxy groups -OCH3 is 1. The van der Waals surface area contributed by atoms with E-state index < -0.39 is 12.1 Å². The maximum Gasteiger partial charge on any atom is 0.410 e. The predicted octanol–water partition coefficient (Wildman–Crippen LogP) is 2.32. The van der Waals surface area contributed by atoms with Crippen LogP contribution in [-0.4, -0.2) is 55.2 Å². The highest BCUT2D eigenvalue weighted by atomic mass is 16.6. The first-order valence-electron chi connectivity index (χ1n) is 8.70. The van der Waals surface area contributed by atoms with E-state index in [4.69, 9.17) is 14.2 Å². The van der Waals surface area contributed by atoms with Gasteiger partial charge in [-0.2, -0.15) is 0 Å². The maximum absolute atomic E-state index is 12.4. The first-order valence-corrected chi connectivity index (χ1v) is 8.70. The molecule has 1 fully saturated rings. The van der Waals surface area contributed by atoms with Crippen LogP contribution in [0.25, 0.3) is 0 Å². The third-order valence-electron chi connectivity index (χ3n) is 4.26. The molecule has 1 heterocycles. The Morgan fingerprint density at radius 2 is 1.88 bits per heavy atom. The number of hydrogen-bond acceptors (Lipinski definition) is 6. The van der Waals surface area contributed by atoms with Crippen molar-refractivity contribution in [1.29, 1.82) is 0 Å². The summed E-state index contributed by atoms with van der Waals surface area (Å²) in [6, 6.07) is 9.03. The topological polar surface area (TPSA) is 82.1 Å². The predicted molar refractivity (Wildman–Crippen MR) is 93.4 cm³/mol. The molecule has 7 heteroatoms. The van der Waals surface area contributed by atoms with E-state index in [1.807, 2.05) is 30.3 Å². The summed E-state index contributed by atoms with van der Waals surface area (Å²) in [6.45, 7) is 2.45. The zero-order chi connectivity index (χ0) is 18.9. The number of benzene rings is 1. The van der Waals surface area contributed by atoms with Crippen LogP contribution < -0.4 is 0 Å². The summed E-state index contributed by atoms with van der Waals surface area (Å²) in [5, 5.41) is 0. The van der Waals surface area contributed by atoms with Gasteiger partial charge in [-0.1, -0.05) is 30.3 Å². The molecule has 0 N–H and O–H groups in total. The average molecular weight is 363 g/mol. The molecule has 7 nitrogen and oxygen atoms in total. The maximum atomic E-state index is 12.4. The van der Waals surface area contributed by atoms with E-state index in [2.05, 4.69) is 0 Å². The van der Waals surface area contributed by atoms with E-state index in [1.54, 1.807) is 14.0 Å². The third-order valence-corrected chi connectivity index (χ3v) is 4.26. The molecular weight excluding hydrogens is 338 g/mol. The number of rotatable bonds is 8. The molecule has 0 aromatic heterocycles. The number of likely N-dealkylation sites (tertiary alicyclic amines) is 1. The molecule has 142 valence electrons. The molecule has 0 aliphatic carbocycles. The zero-order valence-electron chi connectivity index (χ0n) is 15.2. The van der Waals surface area contributed by atoms with E-state index in [9.17, 15) is 14.4 Å². The van der Waals surface area contributed by atoms with Gasteiger partial charge in [-0.15, -0.1) is 0 Å². The van der Waals surface area contributed by atoms with Gasteiger partial charge in [-0.3, -0.25) is 9.59 Å². The normalized spacial score (nSPS) is 19.2. The van der Waals surface area contributed by atoms with E-state index in [1.165, 1.54) is 4.90 Å². The standard InChI is InChI=1S/C19H25NO6/c1-3-25-18(22)11-16(21)9-15-10-17(24-2)12-20(15)19(23)26-13-14-7-5-4-6-8-14/h4-8,15,17H,3,9-13H2,1-2H3. The van der Waals surface area contributed by atoms with Gasteiger partial charge in [0.1, 0.15) is 18.8 Å². The molecule has 0 spiro atoms. The van der Waals surface area contributed by atoms with Crippen LogP contribution in [0.1, 0.15) is 31.7 Å². The lowest BCUT2D eigenvalue weighted by Crippen LogP contribution is -2.37. The summed E-state index contributed by atoms with van der Waals surface area (Å²) in [6.07, 6.45) is -0.304. The van der Waals surface area contributed by atoms with E-state index in [0.717, 1.165) is 5.56 Å². The number of ether oxygens (including phenoxy) is 3. The van der Waals surface area contributed by atoms with Crippen molar-refractivity contribution in [2.45, 2.75) is 44.9 Å². The molecule has 0 radical (unpaired) electrons. The monoisotopic (exact) mass is 363 g/mol. The fourth-order valence-corrected chi connectivity index (χ4v) is 2.97. The van der Waals surface area contributed by atoms with Crippen LogP contribution in [0.3, 0.4) is 0 Å². The van der Waals surface area contributed by atoms with E-state index in [-0.39, 0.29) is 44.0 Å². The minimum Gasteiger partial charge on any atom is -0.466 e. The highest BCUT2D eigenvalue weighted by molar-refractivity contribution is 5.96. The van der Waals surface area contributed by atoms with E-state index >= 15 is 0 Å². The van der Waals surface area contributed by atoms with Gasteiger partial charge in [0.2, 0.25) is 0 Å². The van der Waals surface area contributed by atoms with Gasteiger partial charge in [0.25, 0.3) is 0 Å². The van der Waals surface area contributed by atoms with Crippen molar-refractivity contribution < 1.29 is 28.6 Å². The summed E-state index contributed by atoms with van der Waals surface area (Å²) in [5.74, 6) is -0.803. The third kappa shape index (κ3) is 5.84. The van der Waals surface area contributed by atoms with Gasteiger partial charge in [0, 0.05) is 19.6 Å². The zero-order valence-corrected chi connectivity index (χ0v) is 15.2. The summed E-state index contributed by atoms with van der Waals surface area (Å²) in [4.78, 5) is 37.5. The molecule has 1 aliphatic heterocycles. The lowest BCUT2D eigenvalue weighted by molar-refractivity contribution is -0.145. The first-order chi connectivity index (χ1) is 12.5. The molecule has 1 aliphatic rings. The molecule has 2 rings (SSSR count). The fraction of sp³-hybridized carbons (Fsp3) is 0.526. The van der Waals surface area contributed by atoms with Gasteiger partial charge in [-0.25, -0.2) is 4.79 Å². The van der Waals surface area contributed by atoms with Crippen LogP contribution in [0.2, 0.25) is 0 Å². The molecule has 1 saturated heterocycles. The Balaban J connectivity index is 1.92. The van der Waals surface area contributed by atoms with Crippen LogP contribution in [0.15, 0.2) is 30.3 Å². The lowest BCUT2D eigenvalue weighted by Gasteiger charge is -2.23. The van der Waals surface area contributed by atoms with Crippen molar-refractivity contribution in [3.63, 3.8) is 0 Å². The Bertz CT molecular complexity index is 618. The quantitative estimate of drug-likeness (QED) is 0.521. The SMILES string of the molecule is CCOC(=O)CC(=O)CC1CC(OC)CN1C(=O)OCc1ccccc1. The van der Waals surface area contributed by atoms with Crippen LogP contribution in [0.4, 0.5) is 4.79 Å². The van der Waals surface area contributed by atoms with Crippen LogP contribution in [-0.2, 0) is 30.4 Å². The first kappa shape index (κ1) is 19.9. The minimum absolute atomic E-state index is 0.0825. The van der Waals surface area contributed by atoms with Gasteiger partial charge in [0.05, 0.1) is 19.3 Å². The number of esters is 1. The van der Waals surface area contributed by atoms with Crippen molar-refractivity contribution in [1.82, 2.24) is 4.90 Å². The van der Waals surface area contributed by atoms with Crippen LogP contribution >= 0.6 is 0 Å². The number of carbonyl (C=O) groups is 3. The second kappa shape index (κ2) is 9.91. The van der Waals surface area contributed by atoms with Crippen molar-refractivity contribution in [3.8, 4) is 0 Å². The number of ketones is 1. The fourth-order valence-electron chi connectivity index (χ4n) is 2.97. The molecule has 1 aromatic rings. The number of nitrogens with zero attached hydrogens (tertiary/aromatic N) is 1. The number of Topliss-reactive ketones (excluding diaryl/α,β-unsaturated/α-hetero) is 1. The van der Waals surface area contributed by atoms with Gasteiger partial charge < -0.3 is 19.1 Å². The second-order valence-corrected chi connectivity index (χ2v) is 6.16. The Morgan fingerprint density at radius 3 is 2.54 bits per heavy atom.